The molecule has 0 heterocycles. The minimum atomic E-state index is -4.45. The minimum Gasteiger partial charge on any atom is -0.330 e. The first-order valence-electron chi connectivity index (χ1n) is 6.12. The Hall–Kier alpha value is -1.08. The predicted octanol–water partition coefficient (Wildman–Crippen LogP) is 3.78. The van der Waals surface area contributed by atoms with Crippen LogP contribution in [0.3, 0.4) is 0 Å². The van der Waals surface area contributed by atoms with Gasteiger partial charge in [0, 0.05) is 16.1 Å². The lowest BCUT2D eigenvalue weighted by Gasteiger charge is -2.14. The second-order valence-electron chi connectivity index (χ2n) is 4.55. The molecule has 1 atom stereocenters. The molecule has 0 saturated heterocycles. The number of carbonyl (C=O) groups excluding carboxylic acids is 1. The molecular formula is C13H16BrF3N2O. The van der Waals surface area contributed by atoms with Crippen LogP contribution in [0.25, 0.3) is 0 Å². The maximum atomic E-state index is 12.7. The van der Waals surface area contributed by atoms with E-state index in [0.29, 0.717) is 19.4 Å². The van der Waals surface area contributed by atoms with E-state index in [4.69, 9.17) is 5.73 Å². The van der Waals surface area contributed by atoms with E-state index >= 15 is 0 Å². The van der Waals surface area contributed by atoms with Crippen LogP contribution in [-0.4, -0.2) is 12.5 Å². The highest BCUT2D eigenvalue weighted by atomic mass is 79.9. The van der Waals surface area contributed by atoms with Crippen molar-refractivity contribution in [2.75, 3.05) is 11.9 Å². The first-order valence-corrected chi connectivity index (χ1v) is 6.92. The van der Waals surface area contributed by atoms with Crippen LogP contribution in [0.5, 0.6) is 0 Å². The van der Waals surface area contributed by atoms with E-state index in [9.17, 15) is 18.0 Å². The van der Waals surface area contributed by atoms with Crippen molar-refractivity contribution in [3.05, 3.63) is 28.2 Å². The Morgan fingerprint density at radius 3 is 2.60 bits per heavy atom. The zero-order valence-electron chi connectivity index (χ0n) is 10.9. The molecule has 7 heteroatoms. The van der Waals surface area contributed by atoms with E-state index in [-0.39, 0.29) is 22.0 Å². The van der Waals surface area contributed by atoms with Gasteiger partial charge >= 0.3 is 6.18 Å². The number of nitrogens with two attached hydrogens (primary N) is 1. The lowest BCUT2D eigenvalue weighted by molar-refractivity contribution is -0.137. The lowest BCUT2D eigenvalue weighted by Crippen LogP contribution is -2.21. The van der Waals surface area contributed by atoms with Gasteiger partial charge < -0.3 is 11.1 Å². The number of alkyl halides is 3. The lowest BCUT2D eigenvalue weighted by atomic mass is 10.0. The van der Waals surface area contributed by atoms with Gasteiger partial charge in [0.25, 0.3) is 0 Å². The summed E-state index contributed by atoms with van der Waals surface area (Å²) in [7, 11) is 0. The maximum Gasteiger partial charge on any atom is 0.416 e. The number of hydrogen-bond acceptors (Lipinski definition) is 2. The van der Waals surface area contributed by atoms with Gasteiger partial charge in [0.05, 0.1) is 5.56 Å². The highest BCUT2D eigenvalue weighted by Gasteiger charge is 2.31. The summed E-state index contributed by atoms with van der Waals surface area (Å²) in [6, 6.07) is 3.31. The molecular weight excluding hydrogens is 337 g/mol. The molecule has 3 nitrogen and oxygen atoms in total. The molecule has 0 spiro atoms. The Morgan fingerprint density at radius 1 is 1.40 bits per heavy atom. The number of benzene rings is 1. The summed E-state index contributed by atoms with van der Waals surface area (Å²) in [6.45, 7) is 2.19. The van der Waals surface area contributed by atoms with Gasteiger partial charge in [-0.1, -0.05) is 22.9 Å². The predicted molar refractivity (Wildman–Crippen MR) is 75.2 cm³/mol. The van der Waals surface area contributed by atoms with Crippen LogP contribution in [0.1, 0.15) is 25.3 Å². The first kappa shape index (κ1) is 17.0. The molecule has 0 saturated carbocycles. The monoisotopic (exact) mass is 352 g/mol. The summed E-state index contributed by atoms with van der Waals surface area (Å²) in [5.41, 5.74) is 4.67. The van der Waals surface area contributed by atoms with Crippen LogP contribution < -0.4 is 11.1 Å². The summed E-state index contributed by atoms with van der Waals surface area (Å²) in [4.78, 5) is 11.8. The van der Waals surface area contributed by atoms with E-state index < -0.39 is 11.7 Å². The van der Waals surface area contributed by atoms with Crippen LogP contribution in [0.4, 0.5) is 18.9 Å². The van der Waals surface area contributed by atoms with Crippen LogP contribution in [0, 0.1) is 5.92 Å². The zero-order chi connectivity index (χ0) is 15.3. The van der Waals surface area contributed by atoms with E-state index in [1.165, 1.54) is 6.07 Å². The summed E-state index contributed by atoms with van der Waals surface area (Å²) in [5, 5.41) is 2.49. The molecule has 0 fully saturated rings. The fourth-order valence-corrected chi connectivity index (χ4v) is 2.14. The van der Waals surface area contributed by atoms with Gasteiger partial charge in [0.2, 0.25) is 5.91 Å². The first-order chi connectivity index (χ1) is 9.24. The number of anilines is 1. The third-order valence-electron chi connectivity index (χ3n) is 2.78. The van der Waals surface area contributed by atoms with Crippen molar-refractivity contribution >= 4 is 27.5 Å². The molecule has 0 aromatic heterocycles. The molecule has 0 aliphatic carbocycles. The zero-order valence-corrected chi connectivity index (χ0v) is 12.5. The Kier molecular flexibility index (Phi) is 6.01. The van der Waals surface area contributed by atoms with Gasteiger partial charge in [-0.25, -0.2) is 0 Å². The van der Waals surface area contributed by atoms with Gasteiger partial charge in [0.1, 0.15) is 0 Å². The average Bonchev–Trinajstić information content (AvgIpc) is 2.34. The number of halogens is 4. The van der Waals surface area contributed by atoms with Gasteiger partial charge in [0.15, 0.2) is 0 Å². The van der Waals surface area contributed by atoms with E-state index in [2.05, 4.69) is 21.2 Å². The summed E-state index contributed by atoms with van der Waals surface area (Å²) in [6.07, 6.45) is -3.16. The number of nitrogens with one attached hydrogen (secondary N) is 1. The summed E-state index contributed by atoms with van der Waals surface area (Å²) >= 11 is 3.01. The molecule has 1 unspecified atom stereocenters. The van der Waals surface area contributed by atoms with E-state index in [1.54, 1.807) is 6.92 Å². The Morgan fingerprint density at radius 2 is 2.05 bits per heavy atom. The highest BCUT2D eigenvalue weighted by Crippen LogP contribution is 2.33. The smallest absolute Gasteiger partial charge is 0.330 e. The molecule has 20 heavy (non-hydrogen) atoms. The molecule has 0 bridgehead atoms. The largest absolute Gasteiger partial charge is 0.416 e. The molecule has 1 amide bonds. The van der Waals surface area contributed by atoms with Gasteiger partial charge in [-0.15, -0.1) is 0 Å². The van der Waals surface area contributed by atoms with Crippen LogP contribution >= 0.6 is 15.9 Å². The van der Waals surface area contributed by atoms with Crippen molar-refractivity contribution < 1.29 is 18.0 Å². The van der Waals surface area contributed by atoms with Gasteiger partial charge in [-0.05, 0) is 37.6 Å². The molecule has 1 aromatic carbocycles. The van der Waals surface area contributed by atoms with Crippen molar-refractivity contribution in [3.63, 3.8) is 0 Å². The van der Waals surface area contributed by atoms with Crippen molar-refractivity contribution in [2.24, 2.45) is 11.7 Å². The maximum absolute atomic E-state index is 12.7. The molecule has 3 N–H and O–H groups in total. The van der Waals surface area contributed by atoms with Crippen LogP contribution in [-0.2, 0) is 11.0 Å². The Bertz CT molecular complexity index is 477. The Labute approximate surface area is 123 Å². The number of rotatable bonds is 5. The van der Waals surface area contributed by atoms with Crippen LogP contribution in [0.15, 0.2) is 22.7 Å². The standard InChI is InChI=1S/C13H16BrF3N2O/c1-8(3-2-4-18)12(20)19-11-6-9(13(15,16)17)5-10(14)7-11/h5-8H,2-4,18H2,1H3,(H,19,20). The van der Waals surface area contributed by atoms with Crippen molar-refractivity contribution in [1.29, 1.82) is 0 Å². The van der Waals surface area contributed by atoms with Crippen LogP contribution in [0.2, 0.25) is 0 Å². The van der Waals surface area contributed by atoms with Crippen molar-refractivity contribution in [1.82, 2.24) is 0 Å². The molecule has 0 radical (unpaired) electrons. The second kappa shape index (κ2) is 7.08. The number of amides is 1. The third-order valence-corrected chi connectivity index (χ3v) is 3.24. The van der Waals surface area contributed by atoms with Crippen molar-refractivity contribution in [2.45, 2.75) is 25.9 Å². The summed E-state index contributed by atoms with van der Waals surface area (Å²) < 4.78 is 38.3. The Balaban J connectivity index is 2.82. The fraction of sp³-hybridized carbons (Fsp3) is 0.462. The molecule has 112 valence electrons. The minimum absolute atomic E-state index is 0.122. The number of carbonyl (C=O) groups is 1. The summed E-state index contributed by atoms with van der Waals surface area (Å²) in [5.74, 6) is -0.614. The van der Waals surface area contributed by atoms with Crippen molar-refractivity contribution in [3.8, 4) is 0 Å². The SMILES string of the molecule is CC(CCCN)C(=O)Nc1cc(Br)cc(C(F)(F)F)c1. The topological polar surface area (TPSA) is 55.1 Å². The molecule has 1 aromatic rings. The highest BCUT2D eigenvalue weighted by molar-refractivity contribution is 9.10. The average molecular weight is 353 g/mol. The van der Waals surface area contributed by atoms with Gasteiger partial charge in [-0.3, -0.25) is 4.79 Å². The molecule has 0 aliphatic rings. The molecule has 1 rings (SSSR count). The quantitative estimate of drug-likeness (QED) is 0.847. The van der Waals surface area contributed by atoms with E-state index in [1.807, 2.05) is 0 Å². The molecule has 0 aliphatic heterocycles. The van der Waals surface area contributed by atoms with E-state index in [0.717, 1.165) is 12.1 Å². The fourth-order valence-electron chi connectivity index (χ4n) is 1.65. The van der Waals surface area contributed by atoms with Gasteiger partial charge in [-0.2, -0.15) is 13.2 Å². The normalized spacial score (nSPS) is 13.1. The second-order valence-corrected chi connectivity index (χ2v) is 5.46. The number of hydrogen-bond donors (Lipinski definition) is 2. The third kappa shape index (κ3) is 5.13.